The number of imidazole rings is 1. The zero-order valence-corrected chi connectivity index (χ0v) is 18.1. The van der Waals surface area contributed by atoms with Crippen LogP contribution in [0, 0.1) is 6.92 Å². The number of aromatic nitrogens is 2. The number of rotatable bonds is 6. The molecular formula is C24H31N5O. The minimum Gasteiger partial charge on any atom is -0.369 e. The van der Waals surface area contributed by atoms with E-state index in [1.54, 1.807) is 0 Å². The van der Waals surface area contributed by atoms with Crippen molar-refractivity contribution in [2.75, 3.05) is 37.6 Å². The third-order valence-electron chi connectivity index (χ3n) is 6.01. The minimum atomic E-state index is -0.0340. The zero-order chi connectivity index (χ0) is 21.1. The normalized spacial score (nSPS) is 15.1. The fraction of sp³-hybridized carbons (Fsp3) is 0.417. The SMILES string of the molecule is Cc1nc2ccccc2n1CCNC(=O)c1ccc(N2CCN(C(C)C)CC2)cc1. The first-order valence-electron chi connectivity index (χ1n) is 10.8. The number of amides is 1. The van der Waals surface area contributed by atoms with Crippen molar-refractivity contribution in [3.8, 4) is 0 Å². The molecule has 0 spiro atoms. The van der Waals surface area contributed by atoms with Gasteiger partial charge in [0.2, 0.25) is 0 Å². The van der Waals surface area contributed by atoms with Crippen molar-refractivity contribution in [1.82, 2.24) is 19.8 Å². The first-order chi connectivity index (χ1) is 14.5. The highest BCUT2D eigenvalue weighted by molar-refractivity contribution is 5.94. The van der Waals surface area contributed by atoms with Crippen LogP contribution in [0.5, 0.6) is 0 Å². The maximum absolute atomic E-state index is 12.6. The largest absolute Gasteiger partial charge is 0.369 e. The van der Waals surface area contributed by atoms with E-state index >= 15 is 0 Å². The number of hydrogen-bond acceptors (Lipinski definition) is 4. The van der Waals surface area contributed by atoms with Crippen LogP contribution in [0.15, 0.2) is 48.5 Å². The quantitative estimate of drug-likeness (QED) is 0.684. The average Bonchev–Trinajstić information content (AvgIpc) is 3.09. The van der Waals surface area contributed by atoms with Crippen molar-refractivity contribution < 1.29 is 4.79 Å². The molecular weight excluding hydrogens is 374 g/mol. The number of hydrogen-bond donors (Lipinski definition) is 1. The Bertz CT molecular complexity index is 1000. The third kappa shape index (κ3) is 4.33. The van der Waals surface area contributed by atoms with Gasteiger partial charge >= 0.3 is 0 Å². The number of para-hydroxylation sites is 2. The van der Waals surface area contributed by atoms with Crippen LogP contribution in [-0.2, 0) is 6.54 Å². The van der Waals surface area contributed by atoms with Crippen molar-refractivity contribution in [3.05, 3.63) is 59.9 Å². The van der Waals surface area contributed by atoms with Gasteiger partial charge in [0, 0.05) is 56.6 Å². The highest BCUT2D eigenvalue weighted by Gasteiger charge is 2.19. The first-order valence-corrected chi connectivity index (χ1v) is 10.8. The van der Waals surface area contributed by atoms with Gasteiger partial charge in [-0.2, -0.15) is 0 Å². The molecule has 2 aromatic carbocycles. The fourth-order valence-electron chi connectivity index (χ4n) is 4.18. The smallest absolute Gasteiger partial charge is 0.251 e. The van der Waals surface area contributed by atoms with Crippen LogP contribution >= 0.6 is 0 Å². The van der Waals surface area contributed by atoms with Crippen LogP contribution in [0.4, 0.5) is 5.69 Å². The van der Waals surface area contributed by atoms with Crippen LogP contribution in [0.1, 0.15) is 30.0 Å². The van der Waals surface area contributed by atoms with Gasteiger partial charge in [0.1, 0.15) is 5.82 Å². The van der Waals surface area contributed by atoms with E-state index < -0.39 is 0 Å². The Morgan fingerprint density at radius 1 is 1.03 bits per heavy atom. The van der Waals surface area contributed by atoms with E-state index in [1.807, 2.05) is 37.3 Å². The maximum atomic E-state index is 12.6. The molecule has 1 fully saturated rings. The van der Waals surface area contributed by atoms with E-state index in [1.165, 1.54) is 5.69 Å². The second-order valence-electron chi connectivity index (χ2n) is 8.22. The van der Waals surface area contributed by atoms with E-state index in [0.717, 1.165) is 43.0 Å². The molecule has 1 aromatic heterocycles. The fourth-order valence-corrected chi connectivity index (χ4v) is 4.18. The first kappa shape index (κ1) is 20.4. The lowest BCUT2D eigenvalue weighted by Crippen LogP contribution is -2.48. The summed E-state index contributed by atoms with van der Waals surface area (Å²) < 4.78 is 2.15. The van der Waals surface area contributed by atoms with Gasteiger partial charge in [-0.05, 0) is 57.2 Å². The van der Waals surface area contributed by atoms with Crippen LogP contribution in [0.25, 0.3) is 11.0 Å². The second-order valence-corrected chi connectivity index (χ2v) is 8.22. The van der Waals surface area contributed by atoms with E-state index in [-0.39, 0.29) is 5.91 Å². The van der Waals surface area contributed by atoms with Crippen molar-refractivity contribution in [1.29, 1.82) is 0 Å². The van der Waals surface area contributed by atoms with Crippen LogP contribution in [0.2, 0.25) is 0 Å². The van der Waals surface area contributed by atoms with Crippen LogP contribution < -0.4 is 10.2 Å². The van der Waals surface area contributed by atoms with Crippen molar-refractivity contribution in [2.24, 2.45) is 0 Å². The van der Waals surface area contributed by atoms with Gasteiger partial charge in [-0.15, -0.1) is 0 Å². The average molecular weight is 406 g/mol. The van der Waals surface area contributed by atoms with Crippen molar-refractivity contribution in [2.45, 2.75) is 33.4 Å². The summed E-state index contributed by atoms with van der Waals surface area (Å²) in [5.41, 5.74) is 3.99. The molecule has 6 nitrogen and oxygen atoms in total. The number of aryl methyl sites for hydroxylation is 1. The zero-order valence-electron chi connectivity index (χ0n) is 18.1. The predicted molar refractivity (Wildman–Crippen MR) is 122 cm³/mol. The Hall–Kier alpha value is -2.86. The number of carbonyl (C=O) groups is 1. The topological polar surface area (TPSA) is 53.4 Å². The Morgan fingerprint density at radius 2 is 1.73 bits per heavy atom. The lowest BCUT2D eigenvalue weighted by molar-refractivity contribution is 0.0952. The van der Waals surface area contributed by atoms with E-state index in [2.05, 4.69) is 56.7 Å². The Kier molecular flexibility index (Phi) is 6.04. The van der Waals surface area contributed by atoms with Gasteiger partial charge in [-0.1, -0.05) is 12.1 Å². The summed E-state index contributed by atoms with van der Waals surface area (Å²) in [7, 11) is 0. The Labute approximate surface area is 178 Å². The van der Waals surface area contributed by atoms with Crippen molar-refractivity contribution >= 4 is 22.6 Å². The van der Waals surface area contributed by atoms with Crippen molar-refractivity contribution in [3.63, 3.8) is 0 Å². The lowest BCUT2D eigenvalue weighted by atomic mass is 10.1. The minimum absolute atomic E-state index is 0.0340. The number of carbonyl (C=O) groups excluding carboxylic acids is 1. The lowest BCUT2D eigenvalue weighted by Gasteiger charge is -2.38. The monoisotopic (exact) mass is 405 g/mol. The summed E-state index contributed by atoms with van der Waals surface area (Å²) in [5, 5.41) is 3.04. The number of benzene rings is 2. The molecule has 4 rings (SSSR count). The number of piperazine rings is 1. The van der Waals surface area contributed by atoms with E-state index in [0.29, 0.717) is 24.7 Å². The summed E-state index contributed by atoms with van der Waals surface area (Å²) >= 11 is 0. The molecule has 30 heavy (non-hydrogen) atoms. The number of nitrogens with zero attached hydrogens (tertiary/aromatic N) is 4. The molecule has 0 radical (unpaired) electrons. The van der Waals surface area contributed by atoms with Gasteiger partial charge in [-0.3, -0.25) is 9.69 Å². The number of nitrogens with one attached hydrogen (secondary N) is 1. The molecule has 0 atom stereocenters. The molecule has 1 amide bonds. The van der Waals surface area contributed by atoms with E-state index in [4.69, 9.17) is 0 Å². The van der Waals surface area contributed by atoms with Crippen LogP contribution in [-0.4, -0.2) is 59.1 Å². The molecule has 6 heteroatoms. The summed E-state index contributed by atoms with van der Waals surface area (Å²) in [6.45, 7) is 12.0. The molecule has 3 aromatic rings. The highest BCUT2D eigenvalue weighted by atomic mass is 16.1. The molecule has 0 saturated carbocycles. The summed E-state index contributed by atoms with van der Waals surface area (Å²) in [5.74, 6) is 0.931. The maximum Gasteiger partial charge on any atom is 0.251 e. The molecule has 0 bridgehead atoms. The third-order valence-corrected chi connectivity index (χ3v) is 6.01. The molecule has 2 heterocycles. The number of fused-ring (bicyclic) bond motifs is 1. The summed E-state index contributed by atoms with van der Waals surface area (Å²) in [4.78, 5) is 22.1. The molecule has 1 aliphatic heterocycles. The highest BCUT2D eigenvalue weighted by Crippen LogP contribution is 2.18. The molecule has 158 valence electrons. The Balaban J connectivity index is 1.31. The van der Waals surface area contributed by atoms with Gasteiger partial charge in [0.05, 0.1) is 11.0 Å². The molecule has 0 aliphatic carbocycles. The molecule has 1 N–H and O–H groups in total. The van der Waals surface area contributed by atoms with E-state index in [9.17, 15) is 4.79 Å². The predicted octanol–water partition coefficient (Wildman–Crippen LogP) is 3.31. The standard InChI is InChI=1S/C24H31N5O/c1-18(2)27-14-16-28(17-15-27)21-10-8-20(9-11-21)24(30)25-12-13-29-19(3)26-22-6-4-5-7-23(22)29/h4-11,18H,12-17H2,1-3H3,(H,25,30). The van der Waals surface area contributed by atoms with Crippen LogP contribution in [0.3, 0.4) is 0 Å². The molecule has 1 saturated heterocycles. The van der Waals surface area contributed by atoms with Gasteiger partial charge in [0.15, 0.2) is 0 Å². The second kappa shape index (κ2) is 8.88. The summed E-state index contributed by atoms with van der Waals surface area (Å²) in [6, 6.07) is 16.7. The summed E-state index contributed by atoms with van der Waals surface area (Å²) in [6.07, 6.45) is 0. The molecule has 1 aliphatic rings. The molecule has 0 unspecified atom stereocenters. The number of anilines is 1. The van der Waals surface area contributed by atoms with Gasteiger partial charge in [-0.25, -0.2) is 4.98 Å². The Morgan fingerprint density at radius 3 is 2.43 bits per heavy atom. The van der Waals surface area contributed by atoms with Gasteiger partial charge < -0.3 is 14.8 Å². The van der Waals surface area contributed by atoms with Gasteiger partial charge in [0.25, 0.3) is 5.91 Å².